The lowest BCUT2D eigenvalue weighted by molar-refractivity contribution is 0.0601. The summed E-state index contributed by atoms with van der Waals surface area (Å²) < 4.78 is 4.67. The van der Waals surface area contributed by atoms with Gasteiger partial charge in [-0.25, -0.2) is 4.79 Å². The molecule has 0 radical (unpaired) electrons. The number of ether oxygens (including phenoxy) is 1. The molecule has 0 saturated heterocycles. The zero-order valence-corrected chi connectivity index (χ0v) is 10.7. The molecular formula is C15H19NO2. The van der Waals surface area contributed by atoms with E-state index in [-0.39, 0.29) is 5.97 Å². The minimum absolute atomic E-state index is 0.294. The van der Waals surface area contributed by atoms with Gasteiger partial charge in [-0.3, -0.25) is 0 Å². The molecule has 0 spiro atoms. The third kappa shape index (κ3) is 3.20. The molecule has 0 atom stereocenters. The molecule has 1 saturated carbocycles. The molecule has 1 aliphatic rings. The highest BCUT2D eigenvalue weighted by Gasteiger charge is 2.12. The molecule has 3 heteroatoms. The van der Waals surface area contributed by atoms with E-state index in [4.69, 9.17) is 5.73 Å². The largest absolute Gasteiger partial charge is 0.465 e. The van der Waals surface area contributed by atoms with Crippen LogP contribution in [0.3, 0.4) is 0 Å². The Morgan fingerprint density at radius 3 is 2.44 bits per heavy atom. The topological polar surface area (TPSA) is 52.3 Å². The molecule has 2 N–H and O–H groups in total. The average molecular weight is 245 g/mol. The first kappa shape index (κ1) is 12.8. The van der Waals surface area contributed by atoms with Crippen molar-refractivity contribution in [1.82, 2.24) is 0 Å². The zero-order valence-electron chi connectivity index (χ0n) is 10.7. The van der Waals surface area contributed by atoms with Crippen molar-refractivity contribution < 1.29 is 9.53 Å². The van der Waals surface area contributed by atoms with E-state index < -0.39 is 0 Å². The highest BCUT2D eigenvalue weighted by molar-refractivity contribution is 5.89. The van der Waals surface area contributed by atoms with Gasteiger partial charge in [0, 0.05) is 6.04 Å². The van der Waals surface area contributed by atoms with Gasteiger partial charge in [-0.1, -0.05) is 23.8 Å². The molecule has 1 aromatic carbocycles. The van der Waals surface area contributed by atoms with Gasteiger partial charge >= 0.3 is 5.97 Å². The van der Waals surface area contributed by atoms with Crippen LogP contribution in [0.1, 0.15) is 41.6 Å². The molecule has 18 heavy (non-hydrogen) atoms. The number of carbonyl (C=O) groups is 1. The lowest BCUT2D eigenvalue weighted by Crippen LogP contribution is -2.23. The lowest BCUT2D eigenvalue weighted by Gasteiger charge is -2.20. The van der Waals surface area contributed by atoms with Crippen LogP contribution >= 0.6 is 0 Å². The second-order valence-corrected chi connectivity index (χ2v) is 4.75. The summed E-state index contributed by atoms with van der Waals surface area (Å²) in [6.07, 6.45) is 6.52. The molecule has 0 heterocycles. The quantitative estimate of drug-likeness (QED) is 0.815. The van der Waals surface area contributed by atoms with Gasteiger partial charge in [0.2, 0.25) is 0 Å². The Morgan fingerprint density at radius 2 is 1.89 bits per heavy atom. The lowest BCUT2D eigenvalue weighted by atomic mass is 9.90. The van der Waals surface area contributed by atoms with Crippen LogP contribution in [0.4, 0.5) is 0 Å². The Bertz CT molecular complexity index is 438. The fourth-order valence-corrected chi connectivity index (χ4v) is 2.22. The molecular weight excluding hydrogens is 226 g/mol. The van der Waals surface area contributed by atoms with Crippen molar-refractivity contribution in [2.24, 2.45) is 5.73 Å². The van der Waals surface area contributed by atoms with E-state index in [0.717, 1.165) is 31.2 Å². The van der Waals surface area contributed by atoms with E-state index in [1.165, 1.54) is 12.7 Å². The van der Waals surface area contributed by atoms with Gasteiger partial charge in [0.15, 0.2) is 0 Å². The van der Waals surface area contributed by atoms with Crippen molar-refractivity contribution >= 4 is 12.0 Å². The van der Waals surface area contributed by atoms with E-state index in [1.54, 1.807) is 12.1 Å². The molecule has 1 fully saturated rings. The first-order chi connectivity index (χ1) is 8.69. The van der Waals surface area contributed by atoms with Crippen LogP contribution in [0.5, 0.6) is 0 Å². The molecule has 0 unspecified atom stereocenters. The van der Waals surface area contributed by atoms with Crippen LogP contribution in [0.25, 0.3) is 6.08 Å². The number of benzene rings is 1. The van der Waals surface area contributed by atoms with Crippen molar-refractivity contribution in [3.05, 3.63) is 41.0 Å². The van der Waals surface area contributed by atoms with E-state index in [9.17, 15) is 4.79 Å². The number of nitrogens with two attached hydrogens (primary N) is 1. The third-order valence-corrected chi connectivity index (χ3v) is 3.38. The fourth-order valence-electron chi connectivity index (χ4n) is 2.22. The summed E-state index contributed by atoms with van der Waals surface area (Å²) in [5, 5.41) is 0. The zero-order chi connectivity index (χ0) is 13.0. The fraction of sp³-hybridized carbons (Fsp3) is 0.400. The Labute approximate surface area is 108 Å². The van der Waals surface area contributed by atoms with Gasteiger partial charge in [0.25, 0.3) is 0 Å². The SMILES string of the molecule is COC(=O)c1ccc(C=C2CCC(N)CC2)cc1. The minimum Gasteiger partial charge on any atom is -0.465 e. The summed E-state index contributed by atoms with van der Waals surface area (Å²) in [7, 11) is 1.39. The van der Waals surface area contributed by atoms with Gasteiger partial charge in [-0.2, -0.15) is 0 Å². The van der Waals surface area contributed by atoms with Crippen molar-refractivity contribution in [2.75, 3.05) is 7.11 Å². The molecule has 0 aromatic heterocycles. The van der Waals surface area contributed by atoms with Crippen molar-refractivity contribution in [3.8, 4) is 0 Å². The summed E-state index contributed by atoms with van der Waals surface area (Å²) in [5.74, 6) is -0.294. The van der Waals surface area contributed by atoms with Crippen LogP contribution in [0.15, 0.2) is 29.8 Å². The van der Waals surface area contributed by atoms with Crippen LogP contribution in [0, 0.1) is 0 Å². The number of rotatable bonds is 2. The van der Waals surface area contributed by atoms with Crippen LogP contribution in [-0.2, 0) is 4.74 Å². The molecule has 0 aliphatic heterocycles. The summed E-state index contributed by atoms with van der Waals surface area (Å²) in [6.45, 7) is 0. The van der Waals surface area contributed by atoms with Crippen LogP contribution < -0.4 is 5.73 Å². The maximum absolute atomic E-state index is 11.3. The normalized spacial score (nSPS) is 19.4. The van der Waals surface area contributed by atoms with Gasteiger partial charge < -0.3 is 10.5 Å². The monoisotopic (exact) mass is 245 g/mol. The summed E-state index contributed by atoms with van der Waals surface area (Å²) in [6, 6.07) is 7.87. The number of allylic oxidation sites excluding steroid dienone is 1. The van der Waals surface area contributed by atoms with E-state index in [1.807, 2.05) is 12.1 Å². The molecule has 96 valence electrons. The predicted molar refractivity (Wildman–Crippen MR) is 72.2 cm³/mol. The standard InChI is InChI=1S/C15H19NO2/c1-18-15(17)13-6-2-11(3-7-13)10-12-4-8-14(16)9-5-12/h2-3,6-7,10,14H,4-5,8-9,16H2,1H3. The highest BCUT2D eigenvalue weighted by atomic mass is 16.5. The predicted octanol–water partition coefficient (Wildman–Crippen LogP) is 2.76. The number of carbonyl (C=O) groups excluding carboxylic acids is 1. The second kappa shape index (κ2) is 5.83. The second-order valence-electron chi connectivity index (χ2n) is 4.75. The third-order valence-electron chi connectivity index (χ3n) is 3.38. The molecule has 3 nitrogen and oxygen atoms in total. The molecule has 1 aromatic rings. The van der Waals surface area contributed by atoms with Crippen molar-refractivity contribution in [2.45, 2.75) is 31.7 Å². The van der Waals surface area contributed by atoms with Gasteiger partial charge in [0.1, 0.15) is 0 Å². The van der Waals surface area contributed by atoms with E-state index in [0.29, 0.717) is 11.6 Å². The number of hydrogen-bond acceptors (Lipinski definition) is 3. The van der Waals surface area contributed by atoms with Crippen LogP contribution in [-0.4, -0.2) is 19.1 Å². The van der Waals surface area contributed by atoms with Gasteiger partial charge in [-0.05, 0) is 43.4 Å². The maximum Gasteiger partial charge on any atom is 0.337 e. The smallest absolute Gasteiger partial charge is 0.337 e. The van der Waals surface area contributed by atoms with Crippen molar-refractivity contribution in [1.29, 1.82) is 0 Å². The Kier molecular flexibility index (Phi) is 4.15. The maximum atomic E-state index is 11.3. The Hall–Kier alpha value is -1.61. The summed E-state index contributed by atoms with van der Waals surface area (Å²) >= 11 is 0. The first-order valence-electron chi connectivity index (χ1n) is 6.32. The van der Waals surface area contributed by atoms with Crippen LogP contribution in [0.2, 0.25) is 0 Å². The Morgan fingerprint density at radius 1 is 1.28 bits per heavy atom. The number of hydrogen-bond donors (Lipinski definition) is 1. The average Bonchev–Trinajstić information content (AvgIpc) is 2.41. The molecule has 0 amide bonds. The highest BCUT2D eigenvalue weighted by Crippen LogP contribution is 2.24. The summed E-state index contributed by atoms with van der Waals surface area (Å²) in [5.41, 5.74) is 9.05. The first-order valence-corrected chi connectivity index (χ1v) is 6.32. The summed E-state index contributed by atoms with van der Waals surface area (Å²) in [4.78, 5) is 11.3. The van der Waals surface area contributed by atoms with Crippen molar-refractivity contribution in [3.63, 3.8) is 0 Å². The number of methoxy groups -OCH3 is 1. The number of esters is 1. The molecule has 1 aliphatic carbocycles. The van der Waals surface area contributed by atoms with Gasteiger partial charge in [-0.15, -0.1) is 0 Å². The van der Waals surface area contributed by atoms with E-state index >= 15 is 0 Å². The van der Waals surface area contributed by atoms with Gasteiger partial charge in [0.05, 0.1) is 12.7 Å². The Balaban J connectivity index is 2.06. The van der Waals surface area contributed by atoms with E-state index in [2.05, 4.69) is 10.8 Å². The molecule has 0 bridgehead atoms. The minimum atomic E-state index is -0.294. The molecule has 2 rings (SSSR count).